The molecule has 0 saturated heterocycles. The fourth-order valence-corrected chi connectivity index (χ4v) is 2.76. The van der Waals surface area contributed by atoms with E-state index in [-0.39, 0.29) is 12.0 Å². The monoisotopic (exact) mass is 327 g/mol. The van der Waals surface area contributed by atoms with Crippen molar-refractivity contribution in [1.29, 1.82) is 0 Å². The van der Waals surface area contributed by atoms with Gasteiger partial charge < -0.3 is 0 Å². The molecule has 1 aliphatic rings. The molecule has 120 valence electrons. The van der Waals surface area contributed by atoms with Gasteiger partial charge >= 0.3 is 0 Å². The number of nitro groups is 3. The molecule has 3 rings (SSSR count). The summed E-state index contributed by atoms with van der Waals surface area (Å²) in [4.78, 5) is 31.0. The Morgan fingerprint density at radius 1 is 0.833 bits per heavy atom. The van der Waals surface area contributed by atoms with Crippen LogP contribution in [0.4, 0.5) is 17.1 Å². The Kier molecular flexibility index (Phi) is 3.53. The van der Waals surface area contributed by atoms with E-state index in [2.05, 4.69) is 0 Å². The van der Waals surface area contributed by atoms with Crippen molar-refractivity contribution in [1.82, 2.24) is 0 Å². The molecule has 0 aliphatic heterocycles. The predicted molar refractivity (Wildman–Crippen MR) is 84.4 cm³/mol. The molecule has 0 bridgehead atoms. The zero-order valence-corrected chi connectivity index (χ0v) is 12.0. The van der Waals surface area contributed by atoms with Crippen LogP contribution in [0.3, 0.4) is 0 Å². The summed E-state index contributed by atoms with van der Waals surface area (Å²) >= 11 is 0. The lowest BCUT2D eigenvalue weighted by Gasteiger charge is -2.05. The summed E-state index contributed by atoms with van der Waals surface area (Å²) in [5.41, 5.74) is -0.0710. The first-order valence-electron chi connectivity index (χ1n) is 6.78. The minimum Gasteiger partial charge on any atom is -0.258 e. The molecule has 9 heteroatoms. The molecule has 24 heavy (non-hydrogen) atoms. The summed E-state index contributed by atoms with van der Waals surface area (Å²) < 4.78 is 0. The molecule has 0 spiro atoms. The van der Waals surface area contributed by atoms with E-state index in [0.29, 0.717) is 5.57 Å². The average molecular weight is 327 g/mol. The van der Waals surface area contributed by atoms with Crippen molar-refractivity contribution in [3.8, 4) is 0 Å². The van der Waals surface area contributed by atoms with Gasteiger partial charge in [-0.2, -0.15) is 0 Å². The second-order valence-corrected chi connectivity index (χ2v) is 5.18. The number of nitro benzene ring substituents is 3. The summed E-state index contributed by atoms with van der Waals surface area (Å²) in [5.74, 6) is 0. The van der Waals surface area contributed by atoms with Crippen LogP contribution >= 0.6 is 0 Å². The van der Waals surface area contributed by atoms with Gasteiger partial charge in [-0.25, -0.2) is 0 Å². The SMILES string of the molecule is O=[N+]([O-])c1cc([N+](=O)[O-])c(C2=Cc3ccccc3C2)c([N+](=O)[O-])c1. The summed E-state index contributed by atoms with van der Waals surface area (Å²) in [5, 5.41) is 33.6. The van der Waals surface area contributed by atoms with Gasteiger partial charge in [0.05, 0.1) is 26.9 Å². The number of hydrogen-bond donors (Lipinski definition) is 0. The highest BCUT2D eigenvalue weighted by atomic mass is 16.6. The quantitative estimate of drug-likeness (QED) is 0.624. The van der Waals surface area contributed by atoms with Crippen molar-refractivity contribution in [2.75, 3.05) is 0 Å². The fourth-order valence-electron chi connectivity index (χ4n) is 2.76. The molecule has 0 heterocycles. The van der Waals surface area contributed by atoms with Crippen LogP contribution in [-0.2, 0) is 6.42 Å². The first-order chi connectivity index (χ1) is 11.4. The zero-order chi connectivity index (χ0) is 17.4. The standard InChI is InChI=1S/C15H9N3O6/c19-16(20)12-7-13(17(21)22)15(14(8-12)18(23)24)11-5-9-3-1-2-4-10(9)6-11/h1-5,7-8H,6H2. The Morgan fingerprint density at radius 2 is 1.42 bits per heavy atom. The highest BCUT2D eigenvalue weighted by Crippen LogP contribution is 2.42. The molecule has 0 unspecified atom stereocenters. The largest absolute Gasteiger partial charge is 0.290 e. The molecule has 0 N–H and O–H groups in total. The van der Waals surface area contributed by atoms with E-state index >= 15 is 0 Å². The molecule has 0 amide bonds. The van der Waals surface area contributed by atoms with E-state index < -0.39 is 31.8 Å². The first kappa shape index (κ1) is 15.3. The molecule has 2 aromatic rings. The lowest BCUT2D eigenvalue weighted by molar-refractivity contribution is -0.403. The second kappa shape index (κ2) is 5.54. The van der Waals surface area contributed by atoms with Crippen LogP contribution in [0.5, 0.6) is 0 Å². The molecular weight excluding hydrogens is 318 g/mol. The van der Waals surface area contributed by atoms with Crippen molar-refractivity contribution in [3.05, 3.63) is 83.4 Å². The maximum absolute atomic E-state index is 11.3. The third kappa shape index (κ3) is 2.47. The lowest BCUT2D eigenvalue weighted by Crippen LogP contribution is -2.03. The van der Waals surface area contributed by atoms with E-state index in [4.69, 9.17) is 0 Å². The van der Waals surface area contributed by atoms with Gasteiger partial charge in [-0.05, 0) is 23.1 Å². The van der Waals surface area contributed by atoms with Crippen LogP contribution in [0.15, 0.2) is 36.4 Å². The van der Waals surface area contributed by atoms with Crippen LogP contribution < -0.4 is 0 Å². The van der Waals surface area contributed by atoms with Gasteiger partial charge in [0.2, 0.25) is 0 Å². The number of allylic oxidation sites excluding steroid dienone is 1. The summed E-state index contributed by atoms with van der Waals surface area (Å²) in [6.07, 6.45) is 1.92. The summed E-state index contributed by atoms with van der Waals surface area (Å²) in [6.45, 7) is 0. The highest BCUT2D eigenvalue weighted by molar-refractivity contribution is 5.94. The Balaban J connectivity index is 2.26. The molecule has 2 aromatic carbocycles. The normalized spacial score (nSPS) is 12.4. The summed E-state index contributed by atoms with van der Waals surface area (Å²) in [7, 11) is 0. The van der Waals surface area contributed by atoms with Gasteiger partial charge in [0.25, 0.3) is 17.1 Å². The number of fused-ring (bicyclic) bond motifs is 1. The minimum atomic E-state index is -0.887. The molecular formula is C15H9N3O6. The maximum Gasteiger partial charge on any atom is 0.290 e. The minimum absolute atomic E-state index is 0.188. The Bertz CT molecular complexity index is 900. The fraction of sp³-hybridized carbons (Fsp3) is 0.0667. The third-order valence-electron chi connectivity index (χ3n) is 3.77. The smallest absolute Gasteiger partial charge is 0.258 e. The molecule has 0 radical (unpaired) electrons. The molecule has 0 atom stereocenters. The number of nitrogens with zero attached hydrogens (tertiary/aromatic N) is 3. The highest BCUT2D eigenvalue weighted by Gasteiger charge is 2.33. The van der Waals surface area contributed by atoms with Crippen molar-refractivity contribution >= 4 is 28.7 Å². The Labute approximate surface area is 134 Å². The lowest BCUT2D eigenvalue weighted by atomic mass is 9.99. The van der Waals surface area contributed by atoms with Crippen LogP contribution in [0.25, 0.3) is 11.6 Å². The predicted octanol–water partition coefficient (Wildman–Crippen LogP) is 3.51. The second-order valence-electron chi connectivity index (χ2n) is 5.18. The molecule has 0 fully saturated rings. The van der Waals surface area contributed by atoms with E-state index in [1.54, 1.807) is 24.3 Å². The van der Waals surface area contributed by atoms with Crippen LogP contribution in [0, 0.1) is 30.3 Å². The maximum atomic E-state index is 11.3. The topological polar surface area (TPSA) is 129 Å². The number of rotatable bonds is 4. The molecule has 1 aliphatic carbocycles. The van der Waals surface area contributed by atoms with Crippen LogP contribution in [0.1, 0.15) is 16.7 Å². The number of hydrogen-bond acceptors (Lipinski definition) is 6. The van der Waals surface area contributed by atoms with Crippen molar-refractivity contribution < 1.29 is 14.8 Å². The van der Waals surface area contributed by atoms with Gasteiger partial charge in [-0.15, -0.1) is 0 Å². The van der Waals surface area contributed by atoms with E-state index in [1.165, 1.54) is 0 Å². The van der Waals surface area contributed by atoms with Gasteiger partial charge in [-0.3, -0.25) is 30.3 Å². The van der Waals surface area contributed by atoms with Gasteiger partial charge in [-0.1, -0.05) is 30.3 Å². The Hall–Kier alpha value is -3.62. The van der Waals surface area contributed by atoms with E-state index in [0.717, 1.165) is 23.3 Å². The van der Waals surface area contributed by atoms with Crippen molar-refractivity contribution in [3.63, 3.8) is 0 Å². The average Bonchev–Trinajstić information content (AvgIpc) is 2.96. The molecule has 0 saturated carbocycles. The number of non-ortho nitro benzene ring substituents is 1. The molecule has 0 aromatic heterocycles. The first-order valence-corrected chi connectivity index (χ1v) is 6.78. The van der Waals surface area contributed by atoms with Gasteiger partial charge in [0.15, 0.2) is 0 Å². The Morgan fingerprint density at radius 3 is 1.92 bits per heavy atom. The number of benzene rings is 2. The van der Waals surface area contributed by atoms with Crippen molar-refractivity contribution in [2.45, 2.75) is 6.42 Å². The van der Waals surface area contributed by atoms with E-state index in [1.807, 2.05) is 6.07 Å². The van der Waals surface area contributed by atoms with Crippen molar-refractivity contribution in [2.24, 2.45) is 0 Å². The van der Waals surface area contributed by atoms with E-state index in [9.17, 15) is 30.3 Å². The summed E-state index contributed by atoms with van der Waals surface area (Å²) in [6, 6.07) is 8.72. The molecule has 9 nitrogen and oxygen atoms in total. The van der Waals surface area contributed by atoms with Gasteiger partial charge in [0, 0.05) is 0 Å². The third-order valence-corrected chi connectivity index (χ3v) is 3.77. The van der Waals surface area contributed by atoms with Crippen LogP contribution in [-0.4, -0.2) is 14.8 Å². The van der Waals surface area contributed by atoms with Gasteiger partial charge in [0.1, 0.15) is 5.56 Å². The zero-order valence-electron chi connectivity index (χ0n) is 12.0. The van der Waals surface area contributed by atoms with Crippen LogP contribution in [0.2, 0.25) is 0 Å².